The third-order valence-corrected chi connectivity index (χ3v) is 4.81. The first-order valence-corrected chi connectivity index (χ1v) is 8.47. The highest BCUT2D eigenvalue weighted by Crippen LogP contribution is 2.26. The van der Waals surface area contributed by atoms with E-state index < -0.39 is 0 Å². The molecule has 7 heteroatoms. The average molecular weight is 314 g/mol. The molecule has 0 fully saturated rings. The molecule has 0 saturated heterocycles. The second-order valence-electron chi connectivity index (χ2n) is 5.96. The molecule has 1 N–H and O–H groups in total. The molecule has 0 spiro atoms. The van der Waals surface area contributed by atoms with Gasteiger partial charge in [0.1, 0.15) is 22.8 Å². The maximum Gasteiger partial charge on any atom is 0.153 e. The van der Waals surface area contributed by atoms with E-state index >= 15 is 0 Å². The van der Waals surface area contributed by atoms with E-state index in [1.54, 1.807) is 17.7 Å². The van der Waals surface area contributed by atoms with Crippen LogP contribution in [0, 0.1) is 0 Å². The SMILES string of the molecule is CC(C)c1nc2n(n1)C[C@H](Nc1ncnc3sccc13)CC2. The molecule has 1 aliphatic heterocycles. The fraction of sp³-hybridized carbons (Fsp3) is 0.467. The van der Waals surface area contributed by atoms with Crippen molar-refractivity contribution in [1.82, 2.24) is 24.7 Å². The van der Waals surface area contributed by atoms with Gasteiger partial charge in [-0.1, -0.05) is 13.8 Å². The van der Waals surface area contributed by atoms with Crippen LogP contribution in [-0.2, 0) is 13.0 Å². The topological polar surface area (TPSA) is 68.5 Å². The summed E-state index contributed by atoms with van der Waals surface area (Å²) in [6, 6.07) is 2.40. The monoisotopic (exact) mass is 314 g/mol. The standard InChI is InChI=1S/C15H18N6S/c1-9(2)13-19-12-4-3-10(7-21(12)20-13)18-14-11-5-6-22-15(11)17-8-16-14/h5-6,8-10H,3-4,7H2,1-2H3,(H,16,17,18)/t10-/m1/s1. The highest BCUT2D eigenvalue weighted by atomic mass is 32.1. The third-order valence-electron chi connectivity index (χ3n) is 3.99. The Balaban J connectivity index is 1.56. The van der Waals surface area contributed by atoms with Crippen LogP contribution in [0.1, 0.15) is 37.8 Å². The van der Waals surface area contributed by atoms with Gasteiger partial charge in [-0.3, -0.25) is 0 Å². The van der Waals surface area contributed by atoms with Crippen LogP contribution in [-0.4, -0.2) is 30.8 Å². The summed E-state index contributed by atoms with van der Waals surface area (Å²) in [5, 5.41) is 11.3. The number of aryl methyl sites for hydroxylation is 1. The van der Waals surface area contributed by atoms with E-state index in [2.05, 4.69) is 50.7 Å². The number of anilines is 1. The van der Waals surface area contributed by atoms with E-state index in [1.807, 2.05) is 4.68 Å². The Morgan fingerprint density at radius 1 is 1.36 bits per heavy atom. The molecule has 1 aliphatic rings. The van der Waals surface area contributed by atoms with Gasteiger partial charge in [-0.05, 0) is 17.9 Å². The zero-order valence-electron chi connectivity index (χ0n) is 12.7. The predicted octanol–water partition coefficient (Wildman–Crippen LogP) is 2.83. The van der Waals surface area contributed by atoms with Crippen molar-refractivity contribution in [1.29, 1.82) is 0 Å². The van der Waals surface area contributed by atoms with Crippen LogP contribution in [0.15, 0.2) is 17.8 Å². The largest absolute Gasteiger partial charge is 0.365 e. The molecule has 4 rings (SSSR count). The molecule has 0 unspecified atom stereocenters. The summed E-state index contributed by atoms with van der Waals surface area (Å²) < 4.78 is 2.04. The van der Waals surface area contributed by atoms with Gasteiger partial charge in [0.05, 0.1) is 11.9 Å². The van der Waals surface area contributed by atoms with Crippen molar-refractivity contribution < 1.29 is 0 Å². The number of hydrogen-bond acceptors (Lipinski definition) is 6. The summed E-state index contributed by atoms with van der Waals surface area (Å²) in [5.74, 6) is 3.34. The van der Waals surface area contributed by atoms with Crippen LogP contribution in [0.4, 0.5) is 5.82 Å². The lowest BCUT2D eigenvalue weighted by atomic mass is 10.1. The highest BCUT2D eigenvalue weighted by Gasteiger charge is 2.23. The van der Waals surface area contributed by atoms with Gasteiger partial charge in [0.2, 0.25) is 0 Å². The molecule has 1 atom stereocenters. The van der Waals surface area contributed by atoms with Crippen LogP contribution in [0.5, 0.6) is 0 Å². The Labute approximate surface area is 132 Å². The van der Waals surface area contributed by atoms with Gasteiger partial charge < -0.3 is 5.32 Å². The molecule has 6 nitrogen and oxygen atoms in total. The van der Waals surface area contributed by atoms with Crippen molar-refractivity contribution >= 4 is 27.4 Å². The maximum absolute atomic E-state index is 4.63. The molecule has 0 bridgehead atoms. The second-order valence-corrected chi connectivity index (χ2v) is 6.86. The van der Waals surface area contributed by atoms with Crippen LogP contribution < -0.4 is 5.32 Å². The minimum absolute atomic E-state index is 0.326. The molecule has 3 aromatic heterocycles. The van der Waals surface area contributed by atoms with E-state index in [-0.39, 0.29) is 0 Å². The molecule has 114 valence electrons. The van der Waals surface area contributed by atoms with Crippen molar-refractivity contribution in [2.24, 2.45) is 0 Å². The van der Waals surface area contributed by atoms with Gasteiger partial charge in [0.15, 0.2) is 5.82 Å². The Morgan fingerprint density at radius 3 is 3.14 bits per heavy atom. The molecule has 0 radical (unpaired) electrons. The Morgan fingerprint density at radius 2 is 2.27 bits per heavy atom. The zero-order valence-corrected chi connectivity index (χ0v) is 13.5. The summed E-state index contributed by atoms with van der Waals surface area (Å²) in [5.41, 5.74) is 0. The average Bonchev–Trinajstić information content (AvgIpc) is 3.13. The fourth-order valence-electron chi connectivity index (χ4n) is 2.79. The summed E-state index contributed by atoms with van der Waals surface area (Å²) in [6.45, 7) is 5.10. The zero-order chi connectivity index (χ0) is 15.1. The Hall–Kier alpha value is -2.02. The summed E-state index contributed by atoms with van der Waals surface area (Å²) in [7, 11) is 0. The predicted molar refractivity (Wildman–Crippen MR) is 87.3 cm³/mol. The van der Waals surface area contributed by atoms with Crippen molar-refractivity contribution in [2.45, 2.75) is 45.2 Å². The number of nitrogens with zero attached hydrogens (tertiary/aromatic N) is 5. The minimum Gasteiger partial charge on any atom is -0.365 e. The van der Waals surface area contributed by atoms with Crippen molar-refractivity contribution in [3.63, 3.8) is 0 Å². The van der Waals surface area contributed by atoms with Gasteiger partial charge >= 0.3 is 0 Å². The molecule has 22 heavy (non-hydrogen) atoms. The highest BCUT2D eigenvalue weighted by molar-refractivity contribution is 7.16. The van der Waals surface area contributed by atoms with Crippen LogP contribution in [0.3, 0.4) is 0 Å². The summed E-state index contributed by atoms with van der Waals surface area (Å²) >= 11 is 1.64. The first-order chi connectivity index (χ1) is 10.7. The van der Waals surface area contributed by atoms with Gasteiger partial charge in [-0.2, -0.15) is 5.10 Å². The smallest absolute Gasteiger partial charge is 0.153 e. The molecule has 4 heterocycles. The number of nitrogens with one attached hydrogen (secondary N) is 1. The molecular formula is C15H18N6S. The van der Waals surface area contributed by atoms with E-state index in [1.165, 1.54) is 0 Å². The van der Waals surface area contributed by atoms with Crippen molar-refractivity contribution in [3.05, 3.63) is 29.4 Å². The lowest BCUT2D eigenvalue weighted by molar-refractivity contribution is 0.439. The second kappa shape index (κ2) is 5.31. The lowest BCUT2D eigenvalue weighted by Crippen LogP contribution is -2.32. The van der Waals surface area contributed by atoms with Gasteiger partial charge in [0.25, 0.3) is 0 Å². The van der Waals surface area contributed by atoms with Crippen LogP contribution >= 0.6 is 11.3 Å². The lowest BCUT2D eigenvalue weighted by Gasteiger charge is -2.24. The molecule has 0 aromatic carbocycles. The fourth-order valence-corrected chi connectivity index (χ4v) is 3.52. The molecule has 3 aromatic rings. The molecular weight excluding hydrogens is 296 g/mol. The van der Waals surface area contributed by atoms with E-state index in [9.17, 15) is 0 Å². The van der Waals surface area contributed by atoms with Gasteiger partial charge in [0, 0.05) is 18.4 Å². The number of aromatic nitrogens is 5. The van der Waals surface area contributed by atoms with Crippen LogP contribution in [0.25, 0.3) is 10.2 Å². The molecule has 0 aliphatic carbocycles. The van der Waals surface area contributed by atoms with E-state index in [4.69, 9.17) is 0 Å². The van der Waals surface area contributed by atoms with Gasteiger partial charge in [-0.15, -0.1) is 11.3 Å². The summed E-state index contributed by atoms with van der Waals surface area (Å²) in [4.78, 5) is 14.4. The third kappa shape index (κ3) is 2.35. The van der Waals surface area contributed by atoms with Crippen LogP contribution in [0.2, 0.25) is 0 Å². The first-order valence-electron chi connectivity index (χ1n) is 7.59. The van der Waals surface area contributed by atoms with Gasteiger partial charge in [-0.25, -0.2) is 19.6 Å². The number of fused-ring (bicyclic) bond motifs is 2. The number of hydrogen-bond donors (Lipinski definition) is 1. The molecule has 0 amide bonds. The normalized spacial score (nSPS) is 17.9. The maximum atomic E-state index is 4.63. The van der Waals surface area contributed by atoms with Crippen molar-refractivity contribution in [3.8, 4) is 0 Å². The Bertz CT molecular complexity index is 805. The quantitative estimate of drug-likeness (QED) is 0.805. The van der Waals surface area contributed by atoms with Crippen molar-refractivity contribution in [2.75, 3.05) is 5.32 Å². The molecule has 0 saturated carbocycles. The first kappa shape index (κ1) is 13.6. The minimum atomic E-state index is 0.326. The van der Waals surface area contributed by atoms with E-state index in [0.29, 0.717) is 12.0 Å². The van der Waals surface area contributed by atoms with E-state index in [0.717, 1.165) is 47.1 Å². The Kier molecular flexibility index (Phi) is 3.29. The number of thiophene rings is 1. The summed E-state index contributed by atoms with van der Waals surface area (Å²) in [6.07, 6.45) is 3.63. The number of rotatable bonds is 3.